The summed E-state index contributed by atoms with van der Waals surface area (Å²) >= 11 is 1.76. The summed E-state index contributed by atoms with van der Waals surface area (Å²) < 4.78 is 0. The number of unbranched alkanes of at least 4 members (excludes halogenated alkanes) is 1. The normalized spacial score (nSPS) is 31.9. The maximum absolute atomic E-state index is 12.8. The smallest absolute Gasteiger partial charge is 0.241 e. The molecule has 1 N–H and O–H groups in total. The zero-order valence-corrected chi connectivity index (χ0v) is 13.9. The van der Waals surface area contributed by atoms with Crippen LogP contribution in [0.3, 0.4) is 0 Å². The van der Waals surface area contributed by atoms with E-state index >= 15 is 0 Å². The molecular formula is C17H26N2OS. The van der Waals surface area contributed by atoms with Gasteiger partial charge >= 0.3 is 0 Å². The molecule has 3 rings (SSSR count). The Hall–Kier alpha value is -0.870. The van der Waals surface area contributed by atoms with Gasteiger partial charge in [0.2, 0.25) is 5.91 Å². The van der Waals surface area contributed by atoms with Crippen molar-refractivity contribution < 1.29 is 4.79 Å². The summed E-state index contributed by atoms with van der Waals surface area (Å²) in [4.78, 5) is 16.3. The van der Waals surface area contributed by atoms with E-state index in [1.165, 1.54) is 24.1 Å². The maximum Gasteiger partial charge on any atom is 0.241 e. The van der Waals surface area contributed by atoms with E-state index in [0.29, 0.717) is 11.9 Å². The van der Waals surface area contributed by atoms with E-state index in [9.17, 15) is 4.79 Å². The van der Waals surface area contributed by atoms with Crippen molar-refractivity contribution in [2.45, 2.75) is 70.6 Å². The number of nitrogens with zero attached hydrogens (tertiary/aromatic N) is 1. The van der Waals surface area contributed by atoms with E-state index in [1.54, 1.807) is 11.3 Å². The number of hydrogen-bond acceptors (Lipinski definition) is 3. The minimum atomic E-state index is 0.0277. The third-order valence-electron chi connectivity index (χ3n) is 4.75. The van der Waals surface area contributed by atoms with Gasteiger partial charge in [0.05, 0.1) is 6.04 Å². The van der Waals surface area contributed by atoms with Crippen molar-refractivity contribution in [2.24, 2.45) is 5.92 Å². The molecule has 0 aromatic carbocycles. The van der Waals surface area contributed by atoms with E-state index in [-0.39, 0.29) is 12.2 Å². The highest BCUT2D eigenvalue weighted by Gasteiger charge is 2.51. The molecule has 0 spiro atoms. The Balaban J connectivity index is 1.75. The van der Waals surface area contributed by atoms with Crippen LogP contribution in [-0.2, 0) is 4.79 Å². The average molecular weight is 306 g/mol. The van der Waals surface area contributed by atoms with Crippen molar-refractivity contribution in [3.05, 3.63) is 22.4 Å². The summed E-state index contributed by atoms with van der Waals surface area (Å²) in [6, 6.07) is 4.74. The van der Waals surface area contributed by atoms with Gasteiger partial charge < -0.3 is 4.90 Å². The molecule has 1 saturated heterocycles. The largest absolute Gasteiger partial charge is 0.317 e. The van der Waals surface area contributed by atoms with Gasteiger partial charge in [-0.05, 0) is 36.6 Å². The molecule has 4 unspecified atom stereocenters. The molecule has 2 aliphatic rings. The van der Waals surface area contributed by atoms with Gasteiger partial charge in [-0.25, -0.2) is 0 Å². The van der Waals surface area contributed by atoms with Gasteiger partial charge in [-0.3, -0.25) is 10.1 Å². The molecule has 1 amide bonds. The van der Waals surface area contributed by atoms with Crippen LogP contribution < -0.4 is 5.32 Å². The van der Waals surface area contributed by atoms with Crippen LogP contribution in [0.2, 0.25) is 0 Å². The Morgan fingerprint density at radius 3 is 2.86 bits per heavy atom. The molecule has 2 fully saturated rings. The highest BCUT2D eigenvalue weighted by molar-refractivity contribution is 7.10. The SMILES string of the molecule is CCCCC1NC(c2cccs2)N(C2CC2CCC)C1=O. The Labute approximate surface area is 131 Å². The number of thiophene rings is 1. The Morgan fingerprint density at radius 1 is 1.33 bits per heavy atom. The van der Waals surface area contributed by atoms with Gasteiger partial charge in [-0.1, -0.05) is 39.2 Å². The van der Waals surface area contributed by atoms with Crippen molar-refractivity contribution in [1.82, 2.24) is 10.2 Å². The molecule has 4 heteroatoms. The predicted octanol–water partition coefficient (Wildman–Crippen LogP) is 3.93. The molecule has 3 nitrogen and oxygen atoms in total. The van der Waals surface area contributed by atoms with Crippen LogP contribution >= 0.6 is 11.3 Å². The highest BCUT2D eigenvalue weighted by atomic mass is 32.1. The average Bonchev–Trinajstić information content (AvgIpc) is 2.90. The number of amides is 1. The molecule has 1 aromatic rings. The minimum Gasteiger partial charge on any atom is -0.317 e. The molecule has 21 heavy (non-hydrogen) atoms. The lowest BCUT2D eigenvalue weighted by Gasteiger charge is -2.23. The van der Waals surface area contributed by atoms with Crippen LogP contribution in [-0.4, -0.2) is 22.9 Å². The second-order valence-electron chi connectivity index (χ2n) is 6.38. The summed E-state index contributed by atoms with van der Waals surface area (Å²) in [5, 5.41) is 5.71. The van der Waals surface area contributed by atoms with Crippen molar-refractivity contribution in [1.29, 1.82) is 0 Å². The van der Waals surface area contributed by atoms with Crippen molar-refractivity contribution in [3.63, 3.8) is 0 Å². The highest BCUT2D eigenvalue weighted by Crippen LogP contribution is 2.45. The third-order valence-corrected chi connectivity index (χ3v) is 5.68. The first-order valence-corrected chi connectivity index (χ1v) is 9.25. The molecule has 1 saturated carbocycles. The zero-order chi connectivity index (χ0) is 14.8. The van der Waals surface area contributed by atoms with Crippen LogP contribution in [0.5, 0.6) is 0 Å². The number of carbonyl (C=O) groups is 1. The summed E-state index contributed by atoms with van der Waals surface area (Å²) in [5.41, 5.74) is 0. The summed E-state index contributed by atoms with van der Waals surface area (Å²) in [7, 11) is 0. The molecular weight excluding hydrogens is 280 g/mol. The van der Waals surface area contributed by atoms with E-state index in [0.717, 1.165) is 25.2 Å². The first kappa shape index (κ1) is 15.0. The zero-order valence-electron chi connectivity index (χ0n) is 13.0. The number of hydrogen-bond donors (Lipinski definition) is 1. The monoisotopic (exact) mass is 306 g/mol. The second kappa shape index (κ2) is 6.49. The fraction of sp³-hybridized carbons (Fsp3) is 0.706. The quantitative estimate of drug-likeness (QED) is 0.828. The van der Waals surface area contributed by atoms with Gasteiger partial charge in [0.15, 0.2) is 0 Å². The topological polar surface area (TPSA) is 32.3 Å². The second-order valence-corrected chi connectivity index (χ2v) is 7.36. The molecule has 1 aliphatic heterocycles. The maximum atomic E-state index is 12.8. The lowest BCUT2D eigenvalue weighted by Crippen LogP contribution is -2.33. The Bertz CT molecular complexity index is 473. The van der Waals surface area contributed by atoms with Gasteiger partial charge in [-0.15, -0.1) is 11.3 Å². The van der Waals surface area contributed by atoms with Crippen LogP contribution in [0, 0.1) is 5.92 Å². The molecule has 2 heterocycles. The van der Waals surface area contributed by atoms with E-state index in [4.69, 9.17) is 0 Å². The summed E-state index contributed by atoms with van der Waals surface area (Å²) in [6.45, 7) is 4.42. The minimum absolute atomic E-state index is 0.0277. The summed E-state index contributed by atoms with van der Waals surface area (Å²) in [5.74, 6) is 1.07. The van der Waals surface area contributed by atoms with Crippen LogP contribution in [0.4, 0.5) is 0 Å². The molecule has 1 aliphatic carbocycles. The Morgan fingerprint density at radius 2 is 2.19 bits per heavy atom. The van der Waals surface area contributed by atoms with Crippen LogP contribution in [0.15, 0.2) is 17.5 Å². The van der Waals surface area contributed by atoms with E-state index in [1.807, 2.05) is 0 Å². The molecule has 1 aromatic heterocycles. The van der Waals surface area contributed by atoms with Crippen LogP contribution in [0.25, 0.3) is 0 Å². The fourth-order valence-corrected chi connectivity index (χ4v) is 4.32. The van der Waals surface area contributed by atoms with Crippen molar-refractivity contribution in [2.75, 3.05) is 0 Å². The van der Waals surface area contributed by atoms with Gasteiger partial charge in [0.25, 0.3) is 0 Å². The number of rotatable bonds is 7. The van der Waals surface area contributed by atoms with Crippen LogP contribution in [0.1, 0.15) is 63.4 Å². The first-order chi connectivity index (χ1) is 10.3. The van der Waals surface area contributed by atoms with Gasteiger partial charge in [0, 0.05) is 10.9 Å². The molecule has 0 radical (unpaired) electrons. The molecule has 4 atom stereocenters. The standard InChI is InChI=1S/C17H26N2OS/c1-3-5-8-13-17(20)19(14-11-12(14)7-4-2)16(18-13)15-9-6-10-21-15/h6,9-10,12-14,16,18H,3-5,7-8,11H2,1-2H3. The first-order valence-electron chi connectivity index (χ1n) is 8.37. The van der Waals surface area contributed by atoms with E-state index < -0.39 is 0 Å². The van der Waals surface area contributed by atoms with Gasteiger partial charge in [0.1, 0.15) is 6.17 Å². The Kier molecular flexibility index (Phi) is 4.65. The van der Waals surface area contributed by atoms with E-state index in [2.05, 4.69) is 41.6 Å². The summed E-state index contributed by atoms with van der Waals surface area (Å²) in [6.07, 6.45) is 7.04. The molecule has 0 bridgehead atoms. The lowest BCUT2D eigenvalue weighted by molar-refractivity contribution is -0.131. The van der Waals surface area contributed by atoms with Crippen molar-refractivity contribution >= 4 is 17.2 Å². The number of nitrogens with one attached hydrogen (secondary N) is 1. The van der Waals surface area contributed by atoms with Gasteiger partial charge in [-0.2, -0.15) is 0 Å². The third kappa shape index (κ3) is 3.02. The fourth-order valence-electron chi connectivity index (χ4n) is 3.54. The molecule has 116 valence electrons. The lowest BCUT2D eigenvalue weighted by atomic mass is 10.1. The predicted molar refractivity (Wildman–Crippen MR) is 87.2 cm³/mol. The number of carbonyl (C=O) groups excluding carboxylic acids is 1. The van der Waals surface area contributed by atoms with Crippen molar-refractivity contribution in [3.8, 4) is 0 Å².